The normalized spacial score (nSPS) is 12.9. The second-order valence-electron chi connectivity index (χ2n) is 4.45. The topological polar surface area (TPSA) is 63.2 Å². The lowest BCUT2D eigenvalue weighted by atomic mass is 10.1. The third-order valence-electron chi connectivity index (χ3n) is 2.93. The van der Waals surface area contributed by atoms with Crippen LogP contribution in [0, 0.1) is 5.82 Å². The van der Waals surface area contributed by atoms with Crippen LogP contribution in [0.5, 0.6) is 0 Å². The van der Waals surface area contributed by atoms with Crippen molar-refractivity contribution in [3.8, 4) is 0 Å². The summed E-state index contributed by atoms with van der Waals surface area (Å²) in [7, 11) is -3.64. The molecule has 1 amide bonds. The number of rotatable bonds is 5. The minimum Gasteiger partial charge on any atom is -0.355 e. The predicted molar refractivity (Wildman–Crippen MR) is 79.3 cm³/mol. The number of halogens is 1. The van der Waals surface area contributed by atoms with E-state index in [4.69, 9.17) is 0 Å². The summed E-state index contributed by atoms with van der Waals surface area (Å²) < 4.78 is 38.6. The fraction of sp³-hybridized carbons (Fsp3) is 0.214. The van der Waals surface area contributed by atoms with E-state index in [0.717, 1.165) is 11.3 Å². The molecule has 1 aromatic heterocycles. The maximum absolute atomic E-state index is 13.0. The van der Waals surface area contributed by atoms with Crippen LogP contribution in [0.4, 0.5) is 4.39 Å². The van der Waals surface area contributed by atoms with Crippen LogP contribution in [0.25, 0.3) is 0 Å². The number of benzene rings is 1. The molecular formula is C14H14FNO3S2. The molecule has 112 valence electrons. The highest BCUT2D eigenvalue weighted by atomic mass is 32.2. The van der Waals surface area contributed by atoms with E-state index in [2.05, 4.69) is 5.32 Å². The first-order valence-electron chi connectivity index (χ1n) is 6.18. The minimum atomic E-state index is -3.64. The summed E-state index contributed by atoms with van der Waals surface area (Å²) in [5, 5.41) is 3.25. The van der Waals surface area contributed by atoms with E-state index in [0.29, 0.717) is 5.56 Å². The van der Waals surface area contributed by atoms with Gasteiger partial charge in [-0.1, -0.05) is 18.2 Å². The summed E-state index contributed by atoms with van der Waals surface area (Å²) in [6, 6.07) is 8.43. The quantitative estimate of drug-likeness (QED) is 0.918. The number of sulfone groups is 1. The molecular weight excluding hydrogens is 313 g/mol. The number of amides is 1. The third kappa shape index (κ3) is 3.68. The number of carbonyl (C=O) groups is 1. The van der Waals surface area contributed by atoms with Gasteiger partial charge in [0.2, 0.25) is 5.91 Å². The summed E-state index contributed by atoms with van der Waals surface area (Å²) in [5.74, 6) is -0.756. The van der Waals surface area contributed by atoms with Gasteiger partial charge >= 0.3 is 0 Å². The van der Waals surface area contributed by atoms with Crippen molar-refractivity contribution in [3.63, 3.8) is 0 Å². The van der Waals surface area contributed by atoms with Crippen LogP contribution in [-0.4, -0.2) is 20.9 Å². The molecule has 0 fully saturated rings. The Labute approximate surface area is 126 Å². The molecule has 1 atom stereocenters. The molecule has 0 saturated heterocycles. The van der Waals surface area contributed by atoms with Crippen molar-refractivity contribution < 1.29 is 17.6 Å². The van der Waals surface area contributed by atoms with Gasteiger partial charge in [0.1, 0.15) is 15.3 Å². The third-order valence-corrected chi connectivity index (χ3v) is 6.46. The molecule has 7 heteroatoms. The van der Waals surface area contributed by atoms with Gasteiger partial charge in [0.25, 0.3) is 0 Å². The molecule has 4 nitrogen and oxygen atoms in total. The zero-order valence-corrected chi connectivity index (χ0v) is 12.9. The Hall–Kier alpha value is -1.73. The summed E-state index contributed by atoms with van der Waals surface area (Å²) in [4.78, 5) is 11.1. The van der Waals surface area contributed by atoms with Crippen LogP contribution < -0.4 is 5.32 Å². The number of thiophene rings is 1. The van der Waals surface area contributed by atoms with Gasteiger partial charge in [0.05, 0.1) is 0 Å². The van der Waals surface area contributed by atoms with Crippen molar-refractivity contribution in [1.29, 1.82) is 0 Å². The lowest BCUT2D eigenvalue weighted by Gasteiger charge is -2.17. The van der Waals surface area contributed by atoms with Crippen molar-refractivity contribution in [2.45, 2.75) is 16.4 Å². The molecule has 0 aliphatic heterocycles. The Kier molecular flexibility index (Phi) is 4.74. The zero-order valence-electron chi connectivity index (χ0n) is 11.2. The average Bonchev–Trinajstić information content (AvgIpc) is 2.95. The number of nitrogens with one attached hydrogen (secondary N) is 1. The Morgan fingerprint density at radius 3 is 2.48 bits per heavy atom. The first kappa shape index (κ1) is 15.7. The SMILES string of the molecule is CC(=O)NCC(c1ccc(F)cc1)S(=O)(=O)c1cccs1. The maximum Gasteiger partial charge on any atom is 0.216 e. The van der Waals surface area contributed by atoms with Crippen LogP contribution in [0.15, 0.2) is 46.0 Å². The van der Waals surface area contributed by atoms with E-state index in [1.807, 2.05) is 0 Å². The van der Waals surface area contributed by atoms with E-state index in [1.165, 1.54) is 37.3 Å². The van der Waals surface area contributed by atoms with Gasteiger partial charge in [-0.15, -0.1) is 11.3 Å². The molecule has 1 aromatic carbocycles. The van der Waals surface area contributed by atoms with E-state index < -0.39 is 20.9 Å². The Bertz CT molecular complexity index is 709. The van der Waals surface area contributed by atoms with Gasteiger partial charge in [-0.3, -0.25) is 4.79 Å². The summed E-state index contributed by atoms with van der Waals surface area (Å²) in [6.45, 7) is 1.26. The van der Waals surface area contributed by atoms with Crippen LogP contribution in [0.2, 0.25) is 0 Å². The zero-order chi connectivity index (χ0) is 15.5. The van der Waals surface area contributed by atoms with Gasteiger partial charge in [0, 0.05) is 13.5 Å². The molecule has 21 heavy (non-hydrogen) atoms. The van der Waals surface area contributed by atoms with Crippen molar-refractivity contribution in [2.75, 3.05) is 6.54 Å². The summed E-state index contributed by atoms with van der Waals surface area (Å²) >= 11 is 1.12. The lowest BCUT2D eigenvalue weighted by Crippen LogP contribution is -2.30. The molecule has 2 rings (SSSR count). The van der Waals surface area contributed by atoms with Crippen LogP contribution in [0.1, 0.15) is 17.7 Å². The first-order valence-corrected chi connectivity index (χ1v) is 8.61. The summed E-state index contributed by atoms with van der Waals surface area (Å²) in [6.07, 6.45) is 0. The molecule has 0 aliphatic rings. The highest BCUT2D eigenvalue weighted by molar-refractivity contribution is 7.93. The van der Waals surface area contributed by atoms with Gasteiger partial charge in [-0.2, -0.15) is 0 Å². The van der Waals surface area contributed by atoms with Gasteiger partial charge in [-0.05, 0) is 29.1 Å². The van der Waals surface area contributed by atoms with Crippen molar-refractivity contribution in [2.24, 2.45) is 0 Å². The lowest BCUT2D eigenvalue weighted by molar-refractivity contribution is -0.118. The fourth-order valence-corrected chi connectivity index (χ4v) is 4.75. The highest BCUT2D eigenvalue weighted by Gasteiger charge is 2.30. The molecule has 0 spiro atoms. The number of hydrogen-bond donors (Lipinski definition) is 1. The van der Waals surface area contributed by atoms with Crippen LogP contribution >= 0.6 is 11.3 Å². The Morgan fingerprint density at radius 1 is 1.29 bits per heavy atom. The monoisotopic (exact) mass is 327 g/mol. The standard InChI is InChI=1S/C14H14FNO3S2/c1-10(17)16-9-13(11-4-6-12(15)7-5-11)21(18,19)14-3-2-8-20-14/h2-8,13H,9H2,1H3,(H,16,17). The van der Waals surface area contributed by atoms with E-state index >= 15 is 0 Å². The molecule has 0 radical (unpaired) electrons. The summed E-state index contributed by atoms with van der Waals surface area (Å²) in [5.41, 5.74) is 0.443. The Balaban J connectivity index is 2.41. The van der Waals surface area contributed by atoms with Crippen molar-refractivity contribution >= 4 is 27.1 Å². The minimum absolute atomic E-state index is 0.0544. The maximum atomic E-state index is 13.0. The molecule has 0 bridgehead atoms. The van der Waals surface area contributed by atoms with Gasteiger partial charge < -0.3 is 5.32 Å². The van der Waals surface area contributed by atoms with Crippen molar-refractivity contribution in [3.05, 3.63) is 53.2 Å². The molecule has 1 unspecified atom stereocenters. The smallest absolute Gasteiger partial charge is 0.216 e. The highest BCUT2D eigenvalue weighted by Crippen LogP contribution is 2.31. The molecule has 0 saturated carbocycles. The predicted octanol–water partition coefficient (Wildman–Crippen LogP) is 2.54. The van der Waals surface area contributed by atoms with E-state index in [-0.39, 0.29) is 16.7 Å². The van der Waals surface area contributed by atoms with Gasteiger partial charge in [-0.25, -0.2) is 12.8 Å². The van der Waals surface area contributed by atoms with Crippen LogP contribution in [-0.2, 0) is 14.6 Å². The second-order valence-corrected chi connectivity index (χ2v) is 7.76. The van der Waals surface area contributed by atoms with Crippen molar-refractivity contribution in [1.82, 2.24) is 5.32 Å². The average molecular weight is 327 g/mol. The Morgan fingerprint density at radius 2 is 1.95 bits per heavy atom. The number of hydrogen-bond acceptors (Lipinski definition) is 4. The molecule has 1 N–H and O–H groups in total. The molecule has 2 aromatic rings. The van der Waals surface area contributed by atoms with Crippen LogP contribution in [0.3, 0.4) is 0 Å². The fourth-order valence-electron chi connectivity index (χ4n) is 1.89. The van der Waals surface area contributed by atoms with E-state index in [1.54, 1.807) is 11.4 Å². The number of carbonyl (C=O) groups excluding carboxylic acids is 1. The molecule has 0 aliphatic carbocycles. The van der Waals surface area contributed by atoms with Gasteiger partial charge in [0.15, 0.2) is 9.84 Å². The second kappa shape index (κ2) is 6.36. The van der Waals surface area contributed by atoms with E-state index in [9.17, 15) is 17.6 Å². The molecule has 1 heterocycles. The first-order chi connectivity index (χ1) is 9.91. The largest absolute Gasteiger partial charge is 0.355 e.